The Hall–Kier alpha value is -2.70. The van der Waals surface area contributed by atoms with E-state index in [9.17, 15) is 4.79 Å². The predicted octanol–water partition coefficient (Wildman–Crippen LogP) is 1.32. The van der Waals surface area contributed by atoms with Crippen LogP contribution in [0.3, 0.4) is 0 Å². The van der Waals surface area contributed by atoms with Crippen LogP contribution in [0, 0.1) is 0 Å². The number of pyridine rings is 1. The molecule has 0 saturated carbocycles. The van der Waals surface area contributed by atoms with Gasteiger partial charge in [0.2, 0.25) is 5.88 Å². The molecule has 0 aliphatic carbocycles. The van der Waals surface area contributed by atoms with Crippen LogP contribution in [0.2, 0.25) is 0 Å². The number of carbonyl (C=O) groups is 1. The molecule has 2 aromatic heterocycles. The van der Waals surface area contributed by atoms with Gasteiger partial charge in [0.1, 0.15) is 18.2 Å². The molecule has 3 rings (SSSR count). The number of carbonyl (C=O) groups excluding carboxylic acids is 1. The van der Waals surface area contributed by atoms with Gasteiger partial charge in [0.05, 0.1) is 12.7 Å². The maximum absolute atomic E-state index is 12.3. The van der Waals surface area contributed by atoms with Crippen LogP contribution in [0.15, 0.2) is 43.1 Å². The summed E-state index contributed by atoms with van der Waals surface area (Å²) < 4.78 is 11.3. The van der Waals surface area contributed by atoms with Crippen LogP contribution in [0.25, 0.3) is 0 Å². The van der Waals surface area contributed by atoms with Gasteiger partial charge in [-0.1, -0.05) is 0 Å². The molecule has 1 unspecified atom stereocenters. The second kappa shape index (κ2) is 7.53. The van der Waals surface area contributed by atoms with E-state index in [0.29, 0.717) is 18.2 Å². The van der Waals surface area contributed by atoms with E-state index in [4.69, 9.17) is 9.47 Å². The summed E-state index contributed by atoms with van der Waals surface area (Å²) in [5, 5.41) is 0. The van der Waals surface area contributed by atoms with Gasteiger partial charge in [-0.15, -0.1) is 0 Å². The highest BCUT2D eigenvalue weighted by Crippen LogP contribution is 2.16. The monoisotopic (exact) mass is 314 g/mol. The Bertz CT molecular complexity index is 624. The van der Waals surface area contributed by atoms with Crippen LogP contribution >= 0.6 is 0 Å². The van der Waals surface area contributed by atoms with Crippen molar-refractivity contribution in [2.75, 3.05) is 19.7 Å². The number of amides is 1. The summed E-state index contributed by atoms with van der Waals surface area (Å²) in [5.41, 5.74) is 0. The highest BCUT2D eigenvalue weighted by Gasteiger charge is 2.25. The van der Waals surface area contributed by atoms with Crippen molar-refractivity contribution in [3.8, 4) is 11.6 Å². The summed E-state index contributed by atoms with van der Waals surface area (Å²) in [4.78, 5) is 25.9. The van der Waals surface area contributed by atoms with E-state index in [1.165, 1.54) is 6.33 Å². The fourth-order valence-corrected chi connectivity index (χ4v) is 2.45. The van der Waals surface area contributed by atoms with E-state index in [1.807, 2.05) is 0 Å². The van der Waals surface area contributed by atoms with Gasteiger partial charge in [0.25, 0.3) is 5.91 Å². The van der Waals surface area contributed by atoms with Gasteiger partial charge in [-0.2, -0.15) is 0 Å². The summed E-state index contributed by atoms with van der Waals surface area (Å²) in [6, 6.07) is 5.26. The first-order chi connectivity index (χ1) is 11.3. The van der Waals surface area contributed by atoms with Crippen LogP contribution in [-0.2, 0) is 4.79 Å². The van der Waals surface area contributed by atoms with E-state index in [2.05, 4.69) is 15.0 Å². The Morgan fingerprint density at radius 2 is 2.26 bits per heavy atom. The zero-order valence-corrected chi connectivity index (χ0v) is 12.7. The topological polar surface area (TPSA) is 77.4 Å². The predicted molar refractivity (Wildman–Crippen MR) is 82.0 cm³/mol. The standard InChI is InChI=1S/C16H18N4O3/c21-16(11-22-13-3-1-6-17-9-13)20-8-2-4-14(10-20)23-15-5-7-18-12-19-15/h1,3,5-7,9,12,14H,2,4,8,10-11H2. The maximum atomic E-state index is 12.3. The minimum atomic E-state index is -0.0546. The molecule has 120 valence electrons. The average Bonchev–Trinajstić information content (AvgIpc) is 2.62. The summed E-state index contributed by atoms with van der Waals surface area (Å²) in [6.07, 6.45) is 8.07. The summed E-state index contributed by atoms with van der Waals surface area (Å²) in [7, 11) is 0. The number of rotatable bonds is 5. The molecule has 3 heterocycles. The van der Waals surface area contributed by atoms with Gasteiger partial charge in [-0.3, -0.25) is 9.78 Å². The molecule has 1 amide bonds. The summed E-state index contributed by atoms with van der Waals surface area (Å²) in [5.74, 6) is 1.07. The van der Waals surface area contributed by atoms with Crippen LogP contribution in [0.1, 0.15) is 12.8 Å². The van der Waals surface area contributed by atoms with Gasteiger partial charge in [-0.05, 0) is 25.0 Å². The minimum absolute atomic E-state index is 0.00587. The molecule has 0 bridgehead atoms. The lowest BCUT2D eigenvalue weighted by Gasteiger charge is -2.32. The van der Waals surface area contributed by atoms with Crippen molar-refractivity contribution in [1.82, 2.24) is 19.9 Å². The third kappa shape index (κ3) is 4.38. The van der Waals surface area contributed by atoms with Crippen molar-refractivity contribution in [3.05, 3.63) is 43.1 Å². The molecule has 0 N–H and O–H groups in total. The van der Waals surface area contributed by atoms with E-state index in [1.54, 1.807) is 41.7 Å². The molecular formula is C16H18N4O3. The largest absolute Gasteiger partial charge is 0.482 e. The Labute approximate surface area is 134 Å². The minimum Gasteiger partial charge on any atom is -0.482 e. The molecule has 0 aromatic carbocycles. The molecule has 0 radical (unpaired) electrons. The van der Waals surface area contributed by atoms with Gasteiger partial charge in [0.15, 0.2) is 6.61 Å². The number of hydrogen-bond acceptors (Lipinski definition) is 6. The molecule has 7 nitrogen and oxygen atoms in total. The molecule has 1 fully saturated rings. The molecule has 23 heavy (non-hydrogen) atoms. The maximum Gasteiger partial charge on any atom is 0.260 e. The number of likely N-dealkylation sites (tertiary alicyclic amines) is 1. The van der Waals surface area contributed by atoms with E-state index in [0.717, 1.165) is 19.4 Å². The van der Waals surface area contributed by atoms with Gasteiger partial charge in [-0.25, -0.2) is 9.97 Å². The third-order valence-electron chi connectivity index (χ3n) is 3.57. The van der Waals surface area contributed by atoms with E-state index in [-0.39, 0.29) is 18.6 Å². The summed E-state index contributed by atoms with van der Waals surface area (Å²) in [6.45, 7) is 1.27. The fourth-order valence-electron chi connectivity index (χ4n) is 2.45. The van der Waals surface area contributed by atoms with Crippen molar-refractivity contribution in [2.24, 2.45) is 0 Å². The number of aromatic nitrogens is 3. The van der Waals surface area contributed by atoms with E-state index >= 15 is 0 Å². The molecule has 7 heteroatoms. The number of hydrogen-bond donors (Lipinski definition) is 0. The first-order valence-corrected chi connectivity index (χ1v) is 7.54. The molecule has 1 aliphatic heterocycles. The molecule has 2 aromatic rings. The van der Waals surface area contributed by atoms with Crippen molar-refractivity contribution >= 4 is 5.91 Å². The molecule has 1 saturated heterocycles. The molecule has 1 aliphatic rings. The van der Waals surface area contributed by atoms with Crippen molar-refractivity contribution in [1.29, 1.82) is 0 Å². The summed E-state index contributed by atoms with van der Waals surface area (Å²) >= 11 is 0. The Morgan fingerprint density at radius 1 is 1.30 bits per heavy atom. The highest BCUT2D eigenvalue weighted by molar-refractivity contribution is 5.77. The number of nitrogens with zero attached hydrogens (tertiary/aromatic N) is 4. The van der Waals surface area contributed by atoms with Crippen LogP contribution in [-0.4, -0.2) is 51.6 Å². The fraction of sp³-hybridized carbons (Fsp3) is 0.375. The van der Waals surface area contributed by atoms with Gasteiger partial charge >= 0.3 is 0 Å². The molecule has 1 atom stereocenters. The quantitative estimate of drug-likeness (QED) is 0.828. The van der Waals surface area contributed by atoms with Crippen LogP contribution < -0.4 is 9.47 Å². The molecular weight excluding hydrogens is 296 g/mol. The second-order valence-electron chi connectivity index (χ2n) is 5.25. The molecule has 0 spiro atoms. The number of ether oxygens (including phenoxy) is 2. The Morgan fingerprint density at radius 3 is 3.04 bits per heavy atom. The third-order valence-corrected chi connectivity index (χ3v) is 3.57. The lowest BCUT2D eigenvalue weighted by atomic mass is 10.1. The van der Waals surface area contributed by atoms with Crippen molar-refractivity contribution < 1.29 is 14.3 Å². The van der Waals surface area contributed by atoms with Gasteiger partial charge in [0, 0.05) is 25.0 Å². The van der Waals surface area contributed by atoms with E-state index < -0.39 is 0 Å². The zero-order chi connectivity index (χ0) is 15.9. The first-order valence-electron chi connectivity index (χ1n) is 7.54. The van der Waals surface area contributed by atoms with Crippen LogP contribution in [0.4, 0.5) is 0 Å². The Balaban J connectivity index is 1.50. The van der Waals surface area contributed by atoms with Crippen molar-refractivity contribution in [3.63, 3.8) is 0 Å². The zero-order valence-electron chi connectivity index (χ0n) is 12.7. The average molecular weight is 314 g/mol. The first kappa shape index (κ1) is 15.2. The lowest BCUT2D eigenvalue weighted by molar-refractivity contribution is -0.136. The Kier molecular flexibility index (Phi) is 4.98. The normalized spacial score (nSPS) is 17.6. The SMILES string of the molecule is O=C(COc1cccnc1)N1CCCC(Oc2ccncn2)C1. The van der Waals surface area contributed by atoms with Gasteiger partial charge < -0.3 is 14.4 Å². The lowest BCUT2D eigenvalue weighted by Crippen LogP contribution is -2.46. The number of piperidine rings is 1. The van der Waals surface area contributed by atoms with Crippen LogP contribution in [0.5, 0.6) is 11.6 Å². The highest BCUT2D eigenvalue weighted by atomic mass is 16.5. The smallest absolute Gasteiger partial charge is 0.260 e. The second-order valence-corrected chi connectivity index (χ2v) is 5.25. The van der Waals surface area contributed by atoms with Crippen molar-refractivity contribution in [2.45, 2.75) is 18.9 Å².